The summed E-state index contributed by atoms with van der Waals surface area (Å²) in [5.41, 5.74) is 5.24. The van der Waals surface area contributed by atoms with Crippen LogP contribution in [0.5, 0.6) is 0 Å². The molecule has 0 unspecified atom stereocenters. The molecule has 1 atom stereocenters. The highest BCUT2D eigenvalue weighted by Crippen LogP contribution is 2.20. The second kappa shape index (κ2) is 6.41. The van der Waals surface area contributed by atoms with Gasteiger partial charge >= 0.3 is 0 Å². The summed E-state index contributed by atoms with van der Waals surface area (Å²) in [6.45, 7) is 2.53. The van der Waals surface area contributed by atoms with Crippen molar-refractivity contribution in [2.24, 2.45) is 5.73 Å². The van der Waals surface area contributed by atoms with Gasteiger partial charge in [-0.1, -0.05) is 0 Å². The van der Waals surface area contributed by atoms with Crippen molar-refractivity contribution in [3.8, 4) is 0 Å². The molecule has 5 heteroatoms. The van der Waals surface area contributed by atoms with Crippen molar-refractivity contribution in [1.82, 2.24) is 4.90 Å². The van der Waals surface area contributed by atoms with Crippen molar-refractivity contribution < 1.29 is 14.0 Å². The molecule has 0 radical (unpaired) electrons. The van der Waals surface area contributed by atoms with Crippen LogP contribution in [-0.4, -0.2) is 29.3 Å². The number of amides is 2. The molecule has 20 heavy (non-hydrogen) atoms. The molecule has 108 valence electrons. The average molecular weight is 276 g/mol. The molecule has 1 aromatic rings. The maximum absolute atomic E-state index is 12.2. The van der Waals surface area contributed by atoms with Gasteiger partial charge in [0.15, 0.2) is 0 Å². The SMILES string of the molecule is Cc1ccc(/C=C\C(=O)N2CCCC[C@H]2CC(N)=O)o1. The number of likely N-dealkylation sites (tertiary alicyclic amines) is 1. The third-order valence-corrected chi connectivity index (χ3v) is 3.50. The Morgan fingerprint density at radius 3 is 2.90 bits per heavy atom. The molecule has 0 spiro atoms. The van der Waals surface area contributed by atoms with Gasteiger partial charge in [0.25, 0.3) is 0 Å². The second-order valence-electron chi connectivity index (χ2n) is 5.13. The van der Waals surface area contributed by atoms with Crippen LogP contribution in [0.15, 0.2) is 22.6 Å². The van der Waals surface area contributed by atoms with E-state index in [1.165, 1.54) is 6.08 Å². The minimum atomic E-state index is -0.361. The number of carbonyl (C=O) groups is 2. The average Bonchev–Trinajstić information content (AvgIpc) is 2.82. The van der Waals surface area contributed by atoms with Crippen LogP contribution in [0.25, 0.3) is 6.08 Å². The Morgan fingerprint density at radius 1 is 1.45 bits per heavy atom. The predicted octanol–water partition coefficient (Wildman–Crippen LogP) is 1.86. The standard InChI is InChI=1S/C15H20N2O3/c1-11-5-6-13(20-11)7-8-15(19)17-9-3-2-4-12(17)10-14(16)18/h5-8,12H,2-4,9-10H2,1H3,(H2,16,18)/b8-7-/t12-/m0/s1. The van der Waals surface area contributed by atoms with Crippen LogP contribution in [0.3, 0.4) is 0 Å². The molecule has 2 rings (SSSR count). The van der Waals surface area contributed by atoms with E-state index in [-0.39, 0.29) is 24.3 Å². The van der Waals surface area contributed by atoms with E-state index in [2.05, 4.69) is 0 Å². The number of hydrogen-bond acceptors (Lipinski definition) is 3. The maximum atomic E-state index is 12.2. The molecule has 2 amide bonds. The van der Waals surface area contributed by atoms with Crippen LogP contribution < -0.4 is 5.73 Å². The Kier molecular flexibility index (Phi) is 4.61. The minimum absolute atomic E-state index is 0.0725. The number of nitrogens with zero attached hydrogens (tertiary/aromatic N) is 1. The number of furan rings is 1. The topological polar surface area (TPSA) is 76.5 Å². The van der Waals surface area contributed by atoms with Crippen molar-refractivity contribution in [2.45, 2.75) is 38.6 Å². The van der Waals surface area contributed by atoms with Crippen LogP contribution in [0.4, 0.5) is 0 Å². The lowest BCUT2D eigenvalue weighted by molar-refractivity contribution is -0.130. The van der Waals surface area contributed by atoms with E-state index in [0.29, 0.717) is 12.3 Å². The maximum Gasteiger partial charge on any atom is 0.246 e. The van der Waals surface area contributed by atoms with E-state index in [4.69, 9.17) is 10.2 Å². The number of rotatable bonds is 4. The van der Waals surface area contributed by atoms with Gasteiger partial charge < -0.3 is 15.1 Å². The molecule has 1 aliphatic heterocycles. The molecule has 1 fully saturated rings. The first-order chi connectivity index (χ1) is 9.56. The van der Waals surface area contributed by atoms with E-state index < -0.39 is 0 Å². The number of primary amides is 1. The summed E-state index contributed by atoms with van der Waals surface area (Å²) >= 11 is 0. The molecule has 0 saturated carbocycles. The molecule has 2 N–H and O–H groups in total. The molecule has 0 aliphatic carbocycles. The number of nitrogens with two attached hydrogens (primary N) is 1. The van der Waals surface area contributed by atoms with Crippen LogP contribution >= 0.6 is 0 Å². The smallest absolute Gasteiger partial charge is 0.246 e. The molecule has 5 nitrogen and oxygen atoms in total. The zero-order chi connectivity index (χ0) is 14.5. The van der Waals surface area contributed by atoms with Gasteiger partial charge in [0.05, 0.1) is 0 Å². The van der Waals surface area contributed by atoms with Gasteiger partial charge in [-0.3, -0.25) is 9.59 Å². The molecule has 1 aliphatic rings. The second-order valence-corrected chi connectivity index (χ2v) is 5.13. The third kappa shape index (κ3) is 3.73. The van der Waals surface area contributed by atoms with Crippen LogP contribution in [-0.2, 0) is 9.59 Å². The fraction of sp³-hybridized carbons (Fsp3) is 0.467. The first kappa shape index (κ1) is 14.4. The van der Waals surface area contributed by atoms with Crippen LogP contribution in [0, 0.1) is 6.92 Å². The summed E-state index contributed by atoms with van der Waals surface area (Å²) in [4.78, 5) is 25.0. The lowest BCUT2D eigenvalue weighted by Crippen LogP contribution is -2.44. The Morgan fingerprint density at radius 2 is 2.25 bits per heavy atom. The minimum Gasteiger partial charge on any atom is -0.462 e. The Balaban J connectivity index is 2.02. The largest absolute Gasteiger partial charge is 0.462 e. The van der Waals surface area contributed by atoms with Crippen molar-refractivity contribution in [1.29, 1.82) is 0 Å². The fourth-order valence-electron chi connectivity index (χ4n) is 2.53. The van der Waals surface area contributed by atoms with E-state index >= 15 is 0 Å². The van der Waals surface area contributed by atoms with E-state index in [1.54, 1.807) is 11.0 Å². The molecule has 1 saturated heterocycles. The van der Waals surface area contributed by atoms with Crippen LogP contribution in [0.2, 0.25) is 0 Å². The predicted molar refractivity (Wildman–Crippen MR) is 75.6 cm³/mol. The highest BCUT2D eigenvalue weighted by molar-refractivity contribution is 5.92. The summed E-state index contributed by atoms with van der Waals surface area (Å²) in [5, 5.41) is 0. The van der Waals surface area contributed by atoms with Gasteiger partial charge in [0.2, 0.25) is 11.8 Å². The summed E-state index contributed by atoms with van der Waals surface area (Å²) in [5.74, 6) is 1.01. The summed E-state index contributed by atoms with van der Waals surface area (Å²) in [6, 6.07) is 3.59. The zero-order valence-electron chi connectivity index (χ0n) is 11.7. The number of aryl methyl sites for hydroxylation is 1. The Bertz CT molecular complexity index is 519. The van der Waals surface area contributed by atoms with Gasteiger partial charge in [-0.2, -0.15) is 0 Å². The van der Waals surface area contributed by atoms with Gasteiger partial charge in [-0.15, -0.1) is 0 Å². The number of piperidine rings is 1. The van der Waals surface area contributed by atoms with Gasteiger partial charge in [-0.05, 0) is 44.4 Å². The van der Waals surface area contributed by atoms with E-state index in [0.717, 1.165) is 25.0 Å². The monoisotopic (exact) mass is 276 g/mol. The first-order valence-corrected chi connectivity index (χ1v) is 6.89. The summed E-state index contributed by atoms with van der Waals surface area (Å²) < 4.78 is 5.38. The van der Waals surface area contributed by atoms with E-state index in [1.807, 2.05) is 19.1 Å². The lowest BCUT2D eigenvalue weighted by Gasteiger charge is -2.34. The molecule has 0 bridgehead atoms. The third-order valence-electron chi connectivity index (χ3n) is 3.50. The van der Waals surface area contributed by atoms with Crippen molar-refractivity contribution in [3.63, 3.8) is 0 Å². The van der Waals surface area contributed by atoms with Crippen LogP contribution in [0.1, 0.15) is 37.2 Å². The zero-order valence-corrected chi connectivity index (χ0v) is 11.7. The summed E-state index contributed by atoms with van der Waals surface area (Å²) in [7, 11) is 0. The van der Waals surface area contributed by atoms with Gasteiger partial charge in [0, 0.05) is 25.1 Å². The Hall–Kier alpha value is -2.04. The first-order valence-electron chi connectivity index (χ1n) is 6.89. The molecule has 1 aromatic heterocycles. The normalized spacial score (nSPS) is 19.4. The number of hydrogen-bond donors (Lipinski definition) is 1. The Labute approximate surface area is 118 Å². The highest BCUT2D eigenvalue weighted by atomic mass is 16.3. The molecular weight excluding hydrogens is 256 g/mol. The van der Waals surface area contributed by atoms with E-state index in [9.17, 15) is 9.59 Å². The quantitative estimate of drug-likeness (QED) is 0.853. The summed E-state index contributed by atoms with van der Waals surface area (Å²) in [6.07, 6.45) is 6.22. The highest BCUT2D eigenvalue weighted by Gasteiger charge is 2.26. The van der Waals surface area contributed by atoms with Gasteiger partial charge in [-0.25, -0.2) is 0 Å². The molecule has 0 aromatic carbocycles. The fourth-order valence-corrected chi connectivity index (χ4v) is 2.53. The lowest BCUT2D eigenvalue weighted by atomic mass is 9.99. The van der Waals surface area contributed by atoms with Gasteiger partial charge in [0.1, 0.15) is 11.5 Å². The number of carbonyl (C=O) groups excluding carboxylic acids is 2. The molecule has 2 heterocycles. The molecular formula is C15H20N2O3. The van der Waals surface area contributed by atoms with Crippen molar-refractivity contribution >= 4 is 17.9 Å². The van der Waals surface area contributed by atoms with Crippen molar-refractivity contribution in [2.75, 3.05) is 6.54 Å². The van der Waals surface area contributed by atoms with Crippen molar-refractivity contribution in [3.05, 3.63) is 29.7 Å².